The molecule has 0 rings (SSSR count). The minimum atomic E-state index is -0.646. The second-order valence-corrected chi connectivity index (χ2v) is 8.55. The standard InChI is InChI=1S/C18H36O2S2/c1-3-5-7-9-11-13-21-16-17(15-18(19)20)22-14-12-10-8-6-4-2/h17H,3-16H2,1-2H3,(H,19,20). The number of hydrogen-bond acceptors (Lipinski definition) is 3. The number of aliphatic carboxylic acids is 1. The molecular weight excluding hydrogens is 312 g/mol. The summed E-state index contributed by atoms with van der Waals surface area (Å²) in [5, 5.41) is 9.33. The van der Waals surface area contributed by atoms with E-state index in [9.17, 15) is 4.79 Å². The van der Waals surface area contributed by atoms with Crippen LogP contribution in [0, 0.1) is 0 Å². The van der Waals surface area contributed by atoms with Crippen molar-refractivity contribution in [3.05, 3.63) is 0 Å². The van der Waals surface area contributed by atoms with Gasteiger partial charge in [0.1, 0.15) is 0 Å². The molecule has 0 saturated heterocycles. The Morgan fingerprint density at radius 2 is 1.41 bits per heavy atom. The molecule has 0 spiro atoms. The van der Waals surface area contributed by atoms with Gasteiger partial charge in [0.05, 0.1) is 6.42 Å². The Morgan fingerprint density at radius 3 is 1.95 bits per heavy atom. The van der Waals surface area contributed by atoms with Gasteiger partial charge in [-0.25, -0.2) is 0 Å². The third kappa shape index (κ3) is 16.5. The summed E-state index contributed by atoms with van der Waals surface area (Å²) in [5.41, 5.74) is 0. The summed E-state index contributed by atoms with van der Waals surface area (Å²) < 4.78 is 0. The van der Waals surface area contributed by atoms with Gasteiger partial charge in [-0.15, -0.1) is 0 Å². The predicted octanol–water partition coefficient (Wildman–Crippen LogP) is 6.24. The highest BCUT2D eigenvalue weighted by Crippen LogP contribution is 2.22. The van der Waals surface area contributed by atoms with Gasteiger partial charge in [0.2, 0.25) is 0 Å². The van der Waals surface area contributed by atoms with Crippen molar-refractivity contribution < 1.29 is 9.90 Å². The fourth-order valence-electron chi connectivity index (χ4n) is 2.34. The summed E-state index contributed by atoms with van der Waals surface area (Å²) in [7, 11) is 0. The van der Waals surface area contributed by atoms with Crippen LogP contribution in [-0.2, 0) is 4.79 Å². The lowest BCUT2D eigenvalue weighted by Crippen LogP contribution is -2.13. The first-order chi connectivity index (χ1) is 10.7. The Labute approximate surface area is 146 Å². The topological polar surface area (TPSA) is 37.3 Å². The minimum Gasteiger partial charge on any atom is -0.481 e. The summed E-state index contributed by atoms with van der Waals surface area (Å²) in [6.45, 7) is 4.47. The van der Waals surface area contributed by atoms with Crippen LogP contribution in [0.5, 0.6) is 0 Å². The van der Waals surface area contributed by atoms with Crippen LogP contribution in [0.4, 0.5) is 0 Å². The molecule has 0 amide bonds. The molecule has 1 atom stereocenters. The highest BCUT2D eigenvalue weighted by Gasteiger charge is 2.13. The van der Waals surface area contributed by atoms with E-state index >= 15 is 0 Å². The number of unbranched alkanes of at least 4 members (excludes halogenated alkanes) is 8. The molecule has 0 radical (unpaired) electrons. The van der Waals surface area contributed by atoms with E-state index in [1.54, 1.807) is 0 Å². The van der Waals surface area contributed by atoms with Crippen LogP contribution in [0.1, 0.15) is 84.5 Å². The molecule has 0 aliphatic heterocycles. The molecule has 1 N–H and O–H groups in total. The summed E-state index contributed by atoms with van der Waals surface area (Å²) in [6.07, 6.45) is 13.4. The Morgan fingerprint density at radius 1 is 0.864 bits per heavy atom. The molecule has 2 nitrogen and oxygen atoms in total. The predicted molar refractivity (Wildman–Crippen MR) is 103 cm³/mol. The lowest BCUT2D eigenvalue weighted by Gasteiger charge is -2.14. The van der Waals surface area contributed by atoms with Gasteiger partial charge in [0.25, 0.3) is 0 Å². The average Bonchev–Trinajstić information content (AvgIpc) is 2.49. The van der Waals surface area contributed by atoms with E-state index in [2.05, 4.69) is 13.8 Å². The van der Waals surface area contributed by atoms with Crippen molar-refractivity contribution in [2.75, 3.05) is 17.3 Å². The van der Waals surface area contributed by atoms with Gasteiger partial charge >= 0.3 is 5.97 Å². The molecule has 0 heterocycles. The molecule has 1 unspecified atom stereocenters. The number of carboxylic acid groups (broad SMARTS) is 1. The monoisotopic (exact) mass is 348 g/mol. The number of rotatable bonds is 17. The molecular formula is C18H36O2S2. The first kappa shape index (κ1) is 22.2. The van der Waals surface area contributed by atoms with E-state index in [1.165, 1.54) is 70.0 Å². The van der Waals surface area contributed by atoms with Crippen molar-refractivity contribution in [2.45, 2.75) is 89.7 Å². The van der Waals surface area contributed by atoms with E-state index in [-0.39, 0.29) is 0 Å². The zero-order valence-corrected chi connectivity index (χ0v) is 16.3. The van der Waals surface area contributed by atoms with Crippen molar-refractivity contribution in [1.82, 2.24) is 0 Å². The van der Waals surface area contributed by atoms with E-state index < -0.39 is 5.97 Å². The highest BCUT2D eigenvalue weighted by atomic mass is 32.2. The summed E-state index contributed by atoms with van der Waals surface area (Å²) >= 11 is 3.83. The van der Waals surface area contributed by atoms with Gasteiger partial charge in [-0.1, -0.05) is 65.2 Å². The van der Waals surface area contributed by atoms with Gasteiger partial charge in [-0.2, -0.15) is 23.5 Å². The minimum absolute atomic E-state index is 0.296. The number of thioether (sulfide) groups is 2. The van der Waals surface area contributed by atoms with E-state index in [0.717, 1.165) is 11.5 Å². The Bertz CT molecular complexity index is 247. The van der Waals surface area contributed by atoms with Crippen LogP contribution < -0.4 is 0 Å². The van der Waals surface area contributed by atoms with Crippen molar-refractivity contribution in [1.29, 1.82) is 0 Å². The Balaban J connectivity index is 3.63. The Kier molecular flexibility index (Phi) is 17.7. The highest BCUT2D eigenvalue weighted by molar-refractivity contribution is 8.03. The van der Waals surface area contributed by atoms with Crippen molar-refractivity contribution in [3.8, 4) is 0 Å². The largest absolute Gasteiger partial charge is 0.481 e. The van der Waals surface area contributed by atoms with Gasteiger partial charge in [-0.3, -0.25) is 4.79 Å². The van der Waals surface area contributed by atoms with Crippen LogP contribution in [0.2, 0.25) is 0 Å². The van der Waals surface area contributed by atoms with Gasteiger partial charge in [-0.05, 0) is 24.3 Å². The molecule has 132 valence electrons. The van der Waals surface area contributed by atoms with Crippen molar-refractivity contribution in [2.24, 2.45) is 0 Å². The molecule has 0 aromatic rings. The van der Waals surface area contributed by atoms with Crippen molar-refractivity contribution >= 4 is 29.5 Å². The smallest absolute Gasteiger partial charge is 0.304 e. The molecule has 4 heteroatoms. The fraction of sp³-hybridized carbons (Fsp3) is 0.944. The maximum Gasteiger partial charge on any atom is 0.304 e. The van der Waals surface area contributed by atoms with Gasteiger partial charge in [0, 0.05) is 11.0 Å². The molecule has 0 bridgehead atoms. The second-order valence-electron chi connectivity index (χ2n) is 5.99. The van der Waals surface area contributed by atoms with Crippen LogP contribution in [0.3, 0.4) is 0 Å². The molecule has 0 aromatic carbocycles. The fourth-order valence-corrected chi connectivity index (χ4v) is 4.93. The third-order valence-corrected chi connectivity index (χ3v) is 6.46. The molecule has 0 aromatic heterocycles. The van der Waals surface area contributed by atoms with E-state index in [4.69, 9.17) is 5.11 Å². The number of hydrogen-bond donors (Lipinski definition) is 1. The number of carbonyl (C=O) groups is 1. The van der Waals surface area contributed by atoms with Crippen molar-refractivity contribution in [3.63, 3.8) is 0 Å². The van der Waals surface area contributed by atoms with Crippen LogP contribution in [0.15, 0.2) is 0 Å². The second kappa shape index (κ2) is 17.5. The van der Waals surface area contributed by atoms with E-state index in [0.29, 0.717) is 11.7 Å². The normalized spacial score (nSPS) is 12.5. The van der Waals surface area contributed by atoms with Crippen LogP contribution in [-0.4, -0.2) is 33.6 Å². The molecule has 0 aliphatic rings. The summed E-state index contributed by atoms with van der Waals surface area (Å²) in [6, 6.07) is 0. The molecule has 0 fully saturated rings. The first-order valence-electron chi connectivity index (χ1n) is 9.11. The molecule has 0 saturated carbocycles. The Hall–Kier alpha value is 0.170. The summed E-state index contributed by atoms with van der Waals surface area (Å²) in [5.74, 6) is 2.67. The van der Waals surface area contributed by atoms with Gasteiger partial charge in [0.15, 0.2) is 0 Å². The lowest BCUT2D eigenvalue weighted by atomic mass is 10.2. The van der Waals surface area contributed by atoms with E-state index in [1.807, 2.05) is 23.5 Å². The quantitative estimate of drug-likeness (QED) is 0.316. The average molecular weight is 349 g/mol. The first-order valence-corrected chi connectivity index (χ1v) is 11.3. The van der Waals surface area contributed by atoms with Crippen LogP contribution >= 0.6 is 23.5 Å². The van der Waals surface area contributed by atoms with Gasteiger partial charge < -0.3 is 5.11 Å². The maximum atomic E-state index is 11.0. The molecule has 0 aliphatic carbocycles. The zero-order valence-electron chi connectivity index (χ0n) is 14.6. The maximum absolute atomic E-state index is 11.0. The molecule has 22 heavy (non-hydrogen) atoms. The third-order valence-electron chi connectivity index (χ3n) is 3.70. The van der Waals surface area contributed by atoms with Crippen LogP contribution in [0.25, 0.3) is 0 Å². The SMILES string of the molecule is CCCCCCCSCC(CC(=O)O)SCCCCCCC. The lowest BCUT2D eigenvalue weighted by molar-refractivity contribution is -0.136. The number of carboxylic acids is 1. The zero-order chi connectivity index (χ0) is 16.5. The summed E-state index contributed by atoms with van der Waals surface area (Å²) in [4.78, 5) is 11.0.